The van der Waals surface area contributed by atoms with E-state index in [-0.39, 0.29) is 17.5 Å². The average Bonchev–Trinajstić information content (AvgIpc) is 2.55. The molecule has 0 aromatic heterocycles. The van der Waals surface area contributed by atoms with E-state index in [4.69, 9.17) is 4.74 Å². The molecule has 0 aliphatic carbocycles. The molecular weight excluding hydrogens is 360 g/mol. The summed E-state index contributed by atoms with van der Waals surface area (Å²) in [5.41, 5.74) is 1.52. The van der Waals surface area contributed by atoms with Gasteiger partial charge in [0.05, 0.1) is 6.42 Å². The minimum atomic E-state index is -0.489. The fourth-order valence-electron chi connectivity index (χ4n) is 3.12. The molecule has 1 N–H and O–H groups in total. The number of ether oxygens (including phenoxy) is 1. The van der Waals surface area contributed by atoms with Crippen LogP contribution in [-0.2, 0) is 21.7 Å². The number of amides is 2. The highest BCUT2D eigenvalue weighted by atomic mass is 32.2. The van der Waals surface area contributed by atoms with Crippen molar-refractivity contribution in [2.24, 2.45) is 0 Å². The number of nitrogens with zero attached hydrogens (tertiary/aromatic N) is 1. The van der Waals surface area contributed by atoms with Crippen LogP contribution in [0.4, 0.5) is 4.79 Å². The van der Waals surface area contributed by atoms with Gasteiger partial charge in [-0.25, -0.2) is 4.79 Å². The summed E-state index contributed by atoms with van der Waals surface area (Å²) in [6.07, 6.45) is 3.64. The van der Waals surface area contributed by atoms with Gasteiger partial charge in [0.1, 0.15) is 5.60 Å². The first kappa shape index (κ1) is 21.6. The van der Waals surface area contributed by atoms with Crippen molar-refractivity contribution in [2.75, 3.05) is 19.3 Å². The largest absolute Gasteiger partial charge is 0.444 e. The number of carbonyl (C=O) groups excluding carboxylic acids is 2. The third kappa shape index (κ3) is 7.09. The predicted molar refractivity (Wildman–Crippen MR) is 111 cm³/mol. The van der Waals surface area contributed by atoms with E-state index in [1.54, 1.807) is 16.7 Å². The number of hydrogen-bond acceptors (Lipinski definition) is 4. The average molecular weight is 393 g/mol. The molecule has 27 heavy (non-hydrogen) atoms. The number of thioether (sulfide) groups is 1. The predicted octanol–water partition coefficient (Wildman–Crippen LogP) is 4.00. The van der Waals surface area contributed by atoms with Crippen molar-refractivity contribution in [1.29, 1.82) is 0 Å². The van der Waals surface area contributed by atoms with Gasteiger partial charge in [-0.15, -0.1) is 0 Å². The van der Waals surface area contributed by atoms with Crippen molar-refractivity contribution in [3.8, 4) is 0 Å². The molecule has 1 aromatic rings. The minimum absolute atomic E-state index is 0.0286. The Morgan fingerprint density at radius 3 is 2.22 bits per heavy atom. The molecule has 5 nitrogen and oxygen atoms in total. The number of piperidine rings is 1. The second-order valence-electron chi connectivity index (χ2n) is 8.50. The lowest BCUT2D eigenvalue weighted by Crippen LogP contribution is -2.55. The molecule has 1 heterocycles. The van der Waals surface area contributed by atoms with Crippen LogP contribution in [0, 0.1) is 0 Å². The first-order valence-corrected chi connectivity index (χ1v) is 10.9. The third-order valence-corrected chi connectivity index (χ3v) is 5.28. The van der Waals surface area contributed by atoms with Gasteiger partial charge in [-0.05, 0) is 57.9 Å². The van der Waals surface area contributed by atoms with E-state index in [0.717, 1.165) is 24.2 Å². The highest BCUT2D eigenvalue weighted by molar-refractivity contribution is 7.97. The van der Waals surface area contributed by atoms with Crippen LogP contribution in [0.25, 0.3) is 0 Å². The van der Waals surface area contributed by atoms with E-state index in [1.807, 2.05) is 32.9 Å². The maximum Gasteiger partial charge on any atom is 0.410 e. The molecule has 0 bridgehead atoms. The van der Waals surface area contributed by atoms with Gasteiger partial charge in [0.2, 0.25) is 5.91 Å². The van der Waals surface area contributed by atoms with Crippen LogP contribution in [0.3, 0.4) is 0 Å². The second kappa shape index (κ2) is 9.00. The Balaban J connectivity index is 1.83. The van der Waals surface area contributed by atoms with Gasteiger partial charge in [0.15, 0.2) is 0 Å². The molecule has 0 saturated carbocycles. The zero-order valence-electron chi connectivity index (χ0n) is 17.1. The van der Waals surface area contributed by atoms with E-state index in [0.29, 0.717) is 19.5 Å². The summed E-state index contributed by atoms with van der Waals surface area (Å²) in [7, 11) is 0. The number of likely N-dealkylation sites (tertiary alicyclic amines) is 1. The van der Waals surface area contributed by atoms with E-state index in [1.165, 1.54) is 5.56 Å². The van der Waals surface area contributed by atoms with Crippen molar-refractivity contribution in [1.82, 2.24) is 10.2 Å². The number of carbonyl (C=O) groups is 2. The summed E-state index contributed by atoms with van der Waals surface area (Å²) in [6, 6.07) is 8.22. The van der Waals surface area contributed by atoms with Gasteiger partial charge in [0, 0.05) is 24.4 Å². The smallest absolute Gasteiger partial charge is 0.410 e. The molecule has 1 aliphatic heterocycles. The fourth-order valence-corrected chi connectivity index (χ4v) is 3.65. The molecule has 0 unspecified atom stereocenters. The van der Waals surface area contributed by atoms with Crippen LogP contribution < -0.4 is 5.32 Å². The van der Waals surface area contributed by atoms with Crippen molar-refractivity contribution in [3.05, 3.63) is 35.4 Å². The highest BCUT2D eigenvalue weighted by Crippen LogP contribution is 2.23. The molecule has 150 valence electrons. The molecule has 1 aromatic carbocycles. The Bertz CT molecular complexity index is 644. The van der Waals surface area contributed by atoms with Crippen molar-refractivity contribution >= 4 is 23.8 Å². The Kier molecular flexibility index (Phi) is 7.20. The summed E-state index contributed by atoms with van der Waals surface area (Å²) >= 11 is 1.79. The van der Waals surface area contributed by atoms with E-state index in [2.05, 4.69) is 30.6 Å². The molecule has 6 heteroatoms. The Morgan fingerprint density at radius 1 is 1.15 bits per heavy atom. The van der Waals surface area contributed by atoms with Gasteiger partial charge in [0.25, 0.3) is 0 Å². The molecule has 1 aliphatic rings. The molecule has 0 spiro atoms. The number of benzene rings is 1. The fraction of sp³-hybridized carbons (Fsp3) is 0.619. The summed E-state index contributed by atoms with van der Waals surface area (Å²) < 4.78 is 5.43. The Morgan fingerprint density at radius 2 is 1.70 bits per heavy atom. The summed E-state index contributed by atoms with van der Waals surface area (Å²) in [6.45, 7) is 8.84. The Labute approximate surface area is 167 Å². The molecule has 2 amide bonds. The van der Waals surface area contributed by atoms with Crippen LogP contribution in [0.1, 0.15) is 51.7 Å². The van der Waals surface area contributed by atoms with E-state index in [9.17, 15) is 9.59 Å². The lowest BCUT2D eigenvalue weighted by atomic mass is 9.89. The normalized spacial score (nSPS) is 16.7. The van der Waals surface area contributed by atoms with Crippen LogP contribution in [0.5, 0.6) is 0 Å². The summed E-state index contributed by atoms with van der Waals surface area (Å²) in [5.74, 6) is 1.01. The number of hydrogen-bond donors (Lipinski definition) is 1. The molecule has 1 saturated heterocycles. The lowest BCUT2D eigenvalue weighted by Gasteiger charge is -2.40. The number of nitrogens with one attached hydrogen (secondary N) is 1. The first-order valence-electron chi connectivity index (χ1n) is 9.46. The molecule has 0 radical (unpaired) electrons. The number of rotatable bonds is 5. The maximum atomic E-state index is 12.5. The van der Waals surface area contributed by atoms with Gasteiger partial charge >= 0.3 is 6.09 Å². The zero-order valence-corrected chi connectivity index (χ0v) is 17.9. The summed E-state index contributed by atoms with van der Waals surface area (Å²) in [5, 5.41) is 3.17. The van der Waals surface area contributed by atoms with Crippen LogP contribution >= 0.6 is 11.8 Å². The van der Waals surface area contributed by atoms with Crippen LogP contribution in [-0.4, -0.2) is 47.4 Å². The minimum Gasteiger partial charge on any atom is -0.444 e. The van der Waals surface area contributed by atoms with Gasteiger partial charge in [-0.1, -0.05) is 24.3 Å². The third-order valence-electron chi connectivity index (χ3n) is 4.66. The van der Waals surface area contributed by atoms with Crippen LogP contribution in [0.2, 0.25) is 0 Å². The quantitative estimate of drug-likeness (QED) is 0.823. The first-order chi connectivity index (χ1) is 12.6. The van der Waals surface area contributed by atoms with Gasteiger partial charge in [-0.3, -0.25) is 4.79 Å². The van der Waals surface area contributed by atoms with Gasteiger partial charge < -0.3 is 15.0 Å². The Hall–Kier alpha value is -1.69. The maximum absolute atomic E-state index is 12.5. The molecule has 1 fully saturated rings. The SMILES string of the molecule is CSCc1ccc(CC(=O)NC2(C)CCN(C(=O)OC(C)(C)C)CC2)cc1. The van der Waals surface area contributed by atoms with E-state index < -0.39 is 5.60 Å². The van der Waals surface area contributed by atoms with Crippen molar-refractivity contribution in [3.63, 3.8) is 0 Å². The van der Waals surface area contributed by atoms with Gasteiger partial charge in [-0.2, -0.15) is 11.8 Å². The molecular formula is C21H32N2O3S. The zero-order chi connectivity index (χ0) is 20.1. The molecule has 0 atom stereocenters. The molecule has 2 rings (SSSR count). The summed E-state index contributed by atoms with van der Waals surface area (Å²) in [4.78, 5) is 26.4. The lowest BCUT2D eigenvalue weighted by molar-refractivity contribution is -0.122. The van der Waals surface area contributed by atoms with Crippen LogP contribution in [0.15, 0.2) is 24.3 Å². The topological polar surface area (TPSA) is 58.6 Å². The highest BCUT2D eigenvalue weighted by Gasteiger charge is 2.34. The second-order valence-corrected chi connectivity index (χ2v) is 9.37. The monoisotopic (exact) mass is 392 g/mol. The van der Waals surface area contributed by atoms with Crippen molar-refractivity contribution < 1.29 is 14.3 Å². The van der Waals surface area contributed by atoms with E-state index >= 15 is 0 Å². The van der Waals surface area contributed by atoms with Crippen molar-refractivity contribution in [2.45, 2.75) is 63.9 Å². The standard InChI is InChI=1S/C21H32N2O3S/c1-20(2,3)26-19(25)23-12-10-21(4,11-13-23)22-18(24)14-16-6-8-17(9-7-16)15-27-5/h6-9H,10-15H2,1-5H3,(H,22,24).